The number of sulfone groups is 1. The van der Waals surface area contributed by atoms with Gasteiger partial charge in [-0.2, -0.15) is 0 Å². The van der Waals surface area contributed by atoms with Crippen LogP contribution in [-0.2, 0) is 19.9 Å². The molecule has 4 N–H and O–H groups in total. The maximum absolute atomic E-state index is 11.6. The average molecular weight is 321 g/mol. The van der Waals surface area contributed by atoms with Crippen LogP contribution in [-0.4, -0.2) is 41.9 Å². The smallest absolute Gasteiger partial charge is 0.242 e. The lowest BCUT2D eigenvalue weighted by atomic mass is 10.3. The Morgan fingerprint density at radius 3 is 2.35 bits per heavy atom. The summed E-state index contributed by atoms with van der Waals surface area (Å²) in [5.41, 5.74) is 6.36. The van der Waals surface area contributed by atoms with E-state index < -0.39 is 19.9 Å². The van der Waals surface area contributed by atoms with E-state index in [0.29, 0.717) is 5.69 Å². The Labute approximate surface area is 119 Å². The number of benzene rings is 1. The van der Waals surface area contributed by atoms with Gasteiger partial charge in [-0.3, -0.25) is 0 Å². The number of nitrogens with two attached hydrogens (primary N) is 1. The van der Waals surface area contributed by atoms with E-state index in [1.165, 1.54) is 19.2 Å². The van der Waals surface area contributed by atoms with Crippen molar-refractivity contribution in [2.75, 3.05) is 36.1 Å². The lowest BCUT2D eigenvalue weighted by molar-refractivity contribution is 0.588. The summed E-state index contributed by atoms with van der Waals surface area (Å²) < 4.78 is 48.1. The maximum Gasteiger partial charge on any atom is 0.242 e. The number of hydrogen-bond acceptors (Lipinski definition) is 6. The number of nitrogens with one attached hydrogen (secondary N) is 2. The zero-order chi connectivity index (χ0) is 15.4. The SMILES string of the molecule is CCS(=O)(=O)CCNc1ccc(S(=O)(=O)NC)c(N)c1. The average Bonchev–Trinajstić information content (AvgIpc) is 2.38. The van der Waals surface area contributed by atoms with Crippen LogP contribution in [0.3, 0.4) is 0 Å². The fraction of sp³-hybridized carbons (Fsp3) is 0.455. The van der Waals surface area contributed by atoms with Gasteiger partial charge in [0.2, 0.25) is 10.0 Å². The lowest BCUT2D eigenvalue weighted by Gasteiger charge is -2.10. The van der Waals surface area contributed by atoms with Gasteiger partial charge in [-0.15, -0.1) is 0 Å². The van der Waals surface area contributed by atoms with E-state index in [1.54, 1.807) is 13.0 Å². The minimum absolute atomic E-state index is 0.00766. The molecule has 7 nitrogen and oxygen atoms in total. The van der Waals surface area contributed by atoms with Crippen molar-refractivity contribution in [3.8, 4) is 0 Å². The summed E-state index contributed by atoms with van der Waals surface area (Å²) in [5.74, 6) is 0.107. The van der Waals surface area contributed by atoms with Crippen molar-refractivity contribution >= 4 is 31.2 Å². The van der Waals surface area contributed by atoms with Crippen molar-refractivity contribution in [3.63, 3.8) is 0 Å². The van der Waals surface area contributed by atoms with E-state index in [4.69, 9.17) is 5.73 Å². The van der Waals surface area contributed by atoms with Gasteiger partial charge in [-0.1, -0.05) is 6.92 Å². The molecule has 0 radical (unpaired) electrons. The van der Waals surface area contributed by atoms with Crippen LogP contribution in [0.2, 0.25) is 0 Å². The van der Waals surface area contributed by atoms with E-state index in [1.807, 2.05) is 0 Å². The minimum Gasteiger partial charge on any atom is -0.398 e. The fourth-order valence-corrected chi connectivity index (χ4v) is 3.05. The van der Waals surface area contributed by atoms with Gasteiger partial charge in [-0.05, 0) is 25.2 Å². The number of sulfonamides is 1. The third-order valence-corrected chi connectivity index (χ3v) is 5.94. The molecule has 20 heavy (non-hydrogen) atoms. The third kappa shape index (κ3) is 4.36. The Kier molecular flexibility index (Phi) is 5.37. The van der Waals surface area contributed by atoms with E-state index in [0.717, 1.165) is 0 Å². The molecule has 0 aromatic heterocycles. The summed E-state index contributed by atoms with van der Waals surface area (Å²) in [6.07, 6.45) is 0. The Balaban J connectivity index is 2.79. The molecule has 9 heteroatoms. The first-order valence-corrected chi connectivity index (χ1v) is 9.29. The van der Waals surface area contributed by atoms with Gasteiger partial charge in [0.15, 0.2) is 9.84 Å². The Bertz CT molecular complexity index is 669. The van der Waals surface area contributed by atoms with Crippen LogP contribution in [0, 0.1) is 0 Å². The molecule has 114 valence electrons. The predicted molar refractivity (Wildman–Crippen MR) is 79.9 cm³/mol. The molecule has 1 rings (SSSR count). The van der Waals surface area contributed by atoms with Gasteiger partial charge in [-0.25, -0.2) is 21.6 Å². The van der Waals surface area contributed by atoms with Crippen LogP contribution in [0.4, 0.5) is 11.4 Å². The number of rotatable bonds is 7. The molecule has 1 aromatic rings. The summed E-state index contributed by atoms with van der Waals surface area (Å²) in [7, 11) is -5.32. The second-order valence-corrected chi connectivity index (χ2v) is 8.45. The molecule has 0 fully saturated rings. The quantitative estimate of drug-likeness (QED) is 0.609. The largest absolute Gasteiger partial charge is 0.398 e. The summed E-state index contributed by atoms with van der Waals surface area (Å²) >= 11 is 0. The summed E-state index contributed by atoms with van der Waals surface area (Å²) in [5, 5.41) is 2.90. The summed E-state index contributed by atoms with van der Waals surface area (Å²) in [6, 6.07) is 4.37. The molecule has 0 saturated heterocycles. The molecule has 0 spiro atoms. The van der Waals surface area contributed by atoms with Crippen molar-refractivity contribution in [2.45, 2.75) is 11.8 Å². The molecule has 1 aromatic carbocycles. The Morgan fingerprint density at radius 1 is 1.20 bits per heavy atom. The predicted octanol–water partition coefficient (Wildman–Crippen LogP) is 0.0235. The monoisotopic (exact) mass is 321 g/mol. The van der Waals surface area contributed by atoms with Crippen LogP contribution >= 0.6 is 0 Å². The lowest BCUT2D eigenvalue weighted by Crippen LogP contribution is -2.20. The minimum atomic E-state index is -3.59. The summed E-state index contributed by atoms with van der Waals surface area (Å²) in [6.45, 7) is 1.83. The van der Waals surface area contributed by atoms with Gasteiger partial charge in [0.1, 0.15) is 4.90 Å². The highest BCUT2D eigenvalue weighted by Gasteiger charge is 2.15. The highest BCUT2D eigenvalue weighted by molar-refractivity contribution is 7.91. The molecule has 0 heterocycles. The number of nitrogen functional groups attached to an aromatic ring is 1. The Hall–Kier alpha value is -1.32. The standard InChI is InChI=1S/C11H19N3O4S2/c1-3-19(15,16)7-6-14-9-4-5-11(10(12)8-9)20(17,18)13-2/h4-5,8,13-14H,3,6-7,12H2,1-2H3. The van der Waals surface area contributed by atoms with Crippen molar-refractivity contribution < 1.29 is 16.8 Å². The van der Waals surface area contributed by atoms with Crippen LogP contribution < -0.4 is 15.8 Å². The van der Waals surface area contributed by atoms with Crippen LogP contribution in [0.1, 0.15) is 6.92 Å². The van der Waals surface area contributed by atoms with Gasteiger partial charge < -0.3 is 11.1 Å². The third-order valence-electron chi connectivity index (χ3n) is 2.75. The second-order valence-electron chi connectivity index (χ2n) is 4.12. The first-order chi connectivity index (χ1) is 9.22. The summed E-state index contributed by atoms with van der Waals surface area (Å²) in [4.78, 5) is -0.00766. The van der Waals surface area contributed by atoms with Crippen LogP contribution in [0.15, 0.2) is 23.1 Å². The molecule has 0 unspecified atom stereocenters. The first-order valence-electron chi connectivity index (χ1n) is 5.99. The van der Waals surface area contributed by atoms with Crippen molar-refractivity contribution in [1.82, 2.24) is 4.72 Å². The molecule has 0 aliphatic carbocycles. The Morgan fingerprint density at radius 2 is 1.85 bits per heavy atom. The van der Waals surface area contributed by atoms with Gasteiger partial charge in [0, 0.05) is 18.0 Å². The van der Waals surface area contributed by atoms with Crippen LogP contribution in [0.25, 0.3) is 0 Å². The molecular weight excluding hydrogens is 302 g/mol. The first kappa shape index (κ1) is 16.7. The van der Waals surface area contributed by atoms with Crippen molar-refractivity contribution in [2.24, 2.45) is 0 Å². The van der Waals surface area contributed by atoms with Gasteiger partial charge in [0.25, 0.3) is 0 Å². The molecular formula is C11H19N3O4S2. The number of hydrogen-bond donors (Lipinski definition) is 3. The van der Waals surface area contributed by atoms with E-state index in [9.17, 15) is 16.8 Å². The van der Waals surface area contributed by atoms with Crippen LogP contribution in [0.5, 0.6) is 0 Å². The highest BCUT2D eigenvalue weighted by atomic mass is 32.2. The van der Waals surface area contributed by atoms with Gasteiger partial charge >= 0.3 is 0 Å². The topological polar surface area (TPSA) is 118 Å². The van der Waals surface area contributed by atoms with Crippen molar-refractivity contribution in [3.05, 3.63) is 18.2 Å². The molecule has 0 amide bonds. The normalized spacial score (nSPS) is 12.3. The zero-order valence-corrected chi connectivity index (χ0v) is 13.0. The van der Waals surface area contributed by atoms with E-state index >= 15 is 0 Å². The molecule has 0 saturated carbocycles. The van der Waals surface area contributed by atoms with E-state index in [-0.39, 0.29) is 28.6 Å². The zero-order valence-electron chi connectivity index (χ0n) is 11.4. The molecule has 0 aliphatic rings. The maximum atomic E-state index is 11.6. The second kappa shape index (κ2) is 6.42. The fourth-order valence-electron chi connectivity index (χ4n) is 1.51. The highest BCUT2D eigenvalue weighted by Crippen LogP contribution is 2.22. The number of anilines is 2. The van der Waals surface area contributed by atoms with Crippen molar-refractivity contribution in [1.29, 1.82) is 0 Å². The molecule has 0 aliphatic heterocycles. The molecule has 0 bridgehead atoms. The molecule has 0 atom stereocenters. The van der Waals surface area contributed by atoms with E-state index in [2.05, 4.69) is 10.0 Å². The van der Waals surface area contributed by atoms with Gasteiger partial charge in [0.05, 0.1) is 11.4 Å².